The zero-order valence-electron chi connectivity index (χ0n) is 11.7. The Kier molecular flexibility index (Phi) is 3.90. The zero-order chi connectivity index (χ0) is 14.0. The molecule has 3 nitrogen and oxygen atoms in total. The summed E-state index contributed by atoms with van der Waals surface area (Å²) in [6.07, 6.45) is 0. The van der Waals surface area contributed by atoms with Gasteiger partial charge >= 0.3 is 0 Å². The van der Waals surface area contributed by atoms with Crippen molar-refractivity contribution in [2.24, 2.45) is 0 Å². The fraction of sp³-hybridized carbons (Fsp3) is 0.333. The van der Waals surface area contributed by atoms with Crippen LogP contribution < -0.4 is 5.32 Å². The van der Waals surface area contributed by atoms with Gasteiger partial charge in [0.25, 0.3) is 0 Å². The van der Waals surface area contributed by atoms with E-state index in [1.807, 2.05) is 40.0 Å². The maximum absolute atomic E-state index is 13.6. The van der Waals surface area contributed by atoms with Crippen molar-refractivity contribution in [2.45, 2.75) is 26.8 Å². The number of nitrogens with zero attached hydrogens (tertiary/aromatic N) is 2. The van der Waals surface area contributed by atoms with E-state index in [1.54, 1.807) is 6.07 Å². The second-order valence-corrected chi connectivity index (χ2v) is 4.81. The Balaban J connectivity index is 2.52. The van der Waals surface area contributed by atoms with Crippen molar-refractivity contribution in [1.82, 2.24) is 15.5 Å². The van der Waals surface area contributed by atoms with E-state index in [-0.39, 0.29) is 11.9 Å². The molecule has 1 aromatic carbocycles. The maximum Gasteiger partial charge on any atom is 0.123 e. The van der Waals surface area contributed by atoms with Crippen LogP contribution in [0, 0.1) is 26.6 Å². The Labute approximate surface area is 112 Å². The molecule has 0 bridgehead atoms. The van der Waals surface area contributed by atoms with E-state index in [1.165, 1.54) is 6.07 Å². The van der Waals surface area contributed by atoms with Gasteiger partial charge in [0, 0.05) is 0 Å². The summed E-state index contributed by atoms with van der Waals surface area (Å²) in [4.78, 5) is 0. The average molecular weight is 259 g/mol. The Bertz CT molecular complexity index is 576. The number of hydrogen-bond donors (Lipinski definition) is 1. The van der Waals surface area contributed by atoms with E-state index in [0.29, 0.717) is 0 Å². The van der Waals surface area contributed by atoms with Crippen molar-refractivity contribution >= 4 is 0 Å². The number of benzene rings is 1. The molecular weight excluding hydrogens is 241 g/mol. The van der Waals surface area contributed by atoms with Crippen LogP contribution in [0.5, 0.6) is 0 Å². The van der Waals surface area contributed by atoms with Gasteiger partial charge in [0.2, 0.25) is 0 Å². The van der Waals surface area contributed by atoms with Gasteiger partial charge in [-0.25, -0.2) is 4.39 Å². The molecule has 2 rings (SSSR count). The molecule has 1 N–H and O–H groups in total. The summed E-state index contributed by atoms with van der Waals surface area (Å²) in [6, 6.07) is 6.98. The third-order valence-electron chi connectivity index (χ3n) is 3.14. The first-order chi connectivity index (χ1) is 9.01. The number of aromatic nitrogens is 2. The molecule has 4 heteroatoms. The maximum atomic E-state index is 13.6. The van der Waals surface area contributed by atoms with Crippen LogP contribution in [0.2, 0.25) is 0 Å². The summed E-state index contributed by atoms with van der Waals surface area (Å²) >= 11 is 0. The van der Waals surface area contributed by atoms with Crippen LogP contribution in [0.25, 0.3) is 0 Å². The molecule has 0 spiro atoms. The Hall–Kier alpha value is -1.81. The molecule has 2 aromatic rings. The minimum absolute atomic E-state index is 0.0800. The van der Waals surface area contributed by atoms with Gasteiger partial charge in [0.05, 0.1) is 17.4 Å². The third-order valence-corrected chi connectivity index (χ3v) is 3.14. The summed E-state index contributed by atoms with van der Waals surface area (Å²) in [5.41, 5.74) is 4.54. The van der Waals surface area contributed by atoms with Gasteiger partial charge in [-0.2, -0.15) is 10.2 Å². The quantitative estimate of drug-likeness (QED) is 0.921. The summed E-state index contributed by atoms with van der Waals surface area (Å²) in [5.74, 6) is -0.216. The lowest BCUT2D eigenvalue weighted by Crippen LogP contribution is -2.20. The largest absolute Gasteiger partial charge is 0.309 e. The first kappa shape index (κ1) is 13.6. The lowest BCUT2D eigenvalue weighted by atomic mass is 9.96. The average Bonchev–Trinajstić information content (AvgIpc) is 2.33. The lowest BCUT2D eigenvalue weighted by Gasteiger charge is -2.19. The van der Waals surface area contributed by atoms with Gasteiger partial charge in [-0.15, -0.1) is 0 Å². The number of rotatable bonds is 3. The molecule has 0 aliphatic rings. The van der Waals surface area contributed by atoms with Gasteiger partial charge in [-0.1, -0.05) is 6.07 Å². The fourth-order valence-electron chi connectivity index (χ4n) is 2.30. The monoisotopic (exact) mass is 259 g/mol. The van der Waals surface area contributed by atoms with E-state index in [0.717, 1.165) is 28.1 Å². The molecule has 100 valence electrons. The van der Waals surface area contributed by atoms with Gasteiger partial charge in [0.15, 0.2) is 0 Å². The van der Waals surface area contributed by atoms with E-state index in [4.69, 9.17) is 0 Å². The van der Waals surface area contributed by atoms with Gasteiger partial charge < -0.3 is 5.32 Å². The highest BCUT2D eigenvalue weighted by Gasteiger charge is 2.16. The minimum Gasteiger partial charge on any atom is -0.309 e. The summed E-state index contributed by atoms with van der Waals surface area (Å²) < 4.78 is 13.6. The lowest BCUT2D eigenvalue weighted by molar-refractivity contribution is 0.613. The molecule has 1 unspecified atom stereocenters. The van der Waals surface area contributed by atoms with Crippen molar-refractivity contribution in [3.63, 3.8) is 0 Å². The first-order valence-corrected chi connectivity index (χ1v) is 6.26. The predicted octanol–water partition coefficient (Wildman–Crippen LogP) is 2.85. The minimum atomic E-state index is -0.216. The second kappa shape index (κ2) is 5.45. The van der Waals surface area contributed by atoms with Gasteiger partial charge in [0.1, 0.15) is 5.82 Å². The van der Waals surface area contributed by atoms with E-state index >= 15 is 0 Å². The Morgan fingerprint density at radius 2 is 1.79 bits per heavy atom. The summed E-state index contributed by atoms with van der Waals surface area (Å²) in [6.45, 7) is 5.71. The predicted molar refractivity (Wildman–Crippen MR) is 73.5 cm³/mol. The van der Waals surface area contributed by atoms with Crippen LogP contribution in [-0.2, 0) is 0 Å². The van der Waals surface area contributed by atoms with Crippen molar-refractivity contribution < 1.29 is 4.39 Å². The highest BCUT2D eigenvalue weighted by atomic mass is 19.1. The van der Waals surface area contributed by atoms with Crippen LogP contribution >= 0.6 is 0 Å². The molecule has 1 aromatic heterocycles. The highest BCUT2D eigenvalue weighted by molar-refractivity contribution is 5.36. The summed E-state index contributed by atoms with van der Waals surface area (Å²) in [5, 5.41) is 11.4. The van der Waals surface area contributed by atoms with E-state index in [2.05, 4.69) is 15.5 Å². The SMILES string of the molecule is CNC(c1cc(C)cc(F)c1)c1cc(C)nnc1C. The third kappa shape index (κ3) is 2.96. The topological polar surface area (TPSA) is 37.8 Å². The molecule has 0 aliphatic carbocycles. The second-order valence-electron chi connectivity index (χ2n) is 4.81. The standard InChI is InChI=1S/C15H18FN3/c1-9-5-12(8-13(16)6-9)15(17-4)14-7-10(2)18-19-11(14)3/h5-8,15,17H,1-4H3. The molecule has 0 radical (unpaired) electrons. The summed E-state index contributed by atoms with van der Waals surface area (Å²) in [7, 11) is 1.86. The van der Waals surface area contributed by atoms with Gasteiger partial charge in [-0.05, 0) is 62.7 Å². The molecule has 19 heavy (non-hydrogen) atoms. The molecule has 0 amide bonds. The Morgan fingerprint density at radius 1 is 1.05 bits per heavy atom. The molecule has 0 fully saturated rings. The van der Waals surface area contributed by atoms with Crippen LogP contribution in [0.3, 0.4) is 0 Å². The molecular formula is C15H18FN3. The number of aryl methyl sites for hydroxylation is 3. The molecule has 1 heterocycles. The molecule has 1 atom stereocenters. The molecule has 0 aliphatic heterocycles. The molecule has 0 saturated heterocycles. The van der Waals surface area contributed by atoms with Gasteiger partial charge in [-0.3, -0.25) is 0 Å². The van der Waals surface area contributed by atoms with Crippen LogP contribution in [0.1, 0.15) is 34.1 Å². The fourth-order valence-corrected chi connectivity index (χ4v) is 2.30. The van der Waals surface area contributed by atoms with Crippen LogP contribution in [0.15, 0.2) is 24.3 Å². The number of halogens is 1. The van der Waals surface area contributed by atoms with Crippen molar-refractivity contribution in [2.75, 3.05) is 7.05 Å². The number of nitrogens with one attached hydrogen (secondary N) is 1. The zero-order valence-corrected chi connectivity index (χ0v) is 11.7. The Morgan fingerprint density at radius 3 is 2.42 bits per heavy atom. The smallest absolute Gasteiger partial charge is 0.123 e. The van der Waals surface area contributed by atoms with E-state index in [9.17, 15) is 4.39 Å². The van der Waals surface area contributed by atoms with Crippen LogP contribution in [-0.4, -0.2) is 17.2 Å². The normalized spacial score (nSPS) is 12.5. The van der Waals surface area contributed by atoms with Crippen molar-refractivity contribution in [1.29, 1.82) is 0 Å². The van der Waals surface area contributed by atoms with Crippen molar-refractivity contribution in [3.8, 4) is 0 Å². The van der Waals surface area contributed by atoms with Crippen molar-refractivity contribution in [3.05, 3.63) is 58.2 Å². The molecule has 0 saturated carbocycles. The first-order valence-electron chi connectivity index (χ1n) is 6.26. The van der Waals surface area contributed by atoms with Crippen LogP contribution in [0.4, 0.5) is 4.39 Å². The van der Waals surface area contributed by atoms with E-state index < -0.39 is 0 Å². The highest BCUT2D eigenvalue weighted by Crippen LogP contribution is 2.25. The number of hydrogen-bond acceptors (Lipinski definition) is 3.